The number of ether oxygens (including phenoxy) is 1. The van der Waals surface area contributed by atoms with Gasteiger partial charge < -0.3 is 4.74 Å². The molecule has 15 heavy (non-hydrogen) atoms. The summed E-state index contributed by atoms with van der Waals surface area (Å²) in [5.41, 5.74) is -0.0865. The van der Waals surface area contributed by atoms with Crippen molar-refractivity contribution in [1.82, 2.24) is 0 Å². The summed E-state index contributed by atoms with van der Waals surface area (Å²) >= 11 is 0. The van der Waals surface area contributed by atoms with Crippen LogP contribution in [0, 0.1) is 10.1 Å². The highest BCUT2D eigenvalue weighted by Crippen LogP contribution is 2.32. The summed E-state index contributed by atoms with van der Waals surface area (Å²) in [6.07, 6.45) is 0. The van der Waals surface area contributed by atoms with E-state index in [0.29, 0.717) is 0 Å². The molecule has 0 aromatic heterocycles. The summed E-state index contributed by atoms with van der Waals surface area (Å²) in [4.78, 5) is 21.4. The van der Waals surface area contributed by atoms with Crippen LogP contribution in [0.4, 0.5) is 5.69 Å². The van der Waals surface area contributed by atoms with Crippen LogP contribution in [0.15, 0.2) is 23.1 Å². The Morgan fingerprint density at radius 1 is 1.60 bits per heavy atom. The minimum absolute atomic E-state index is 0.124. The van der Waals surface area contributed by atoms with Crippen molar-refractivity contribution >= 4 is 33.3 Å². The summed E-state index contributed by atoms with van der Waals surface area (Å²) in [6.45, 7) is 0. The summed E-state index contributed by atoms with van der Waals surface area (Å²) in [5.74, 6) is -0.621. The molecule has 0 radical (unpaired) electrons. The lowest BCUT2D eigenvalue weighted by molar-refractivity contribution is -0.387. The predicted molar refractivity (Wildman–Crippen MR) is 56.1 cm³/mol. The Bertz CT molecular complexity index is 410. The second-order valence-electron chi connectivity index (χ2n) is 2.51. The Hall–Kier alpha value is -1.27. The van der Waals surface area contributed by atoms with Gasteiger partial charge in [-0.1, -0.05) is 0 Å². The number of nitro groups is 1. The first-order valence-corrected chi connectivity index (χ1v) is 5.39. The third kappa shape index (κ3) is 2.60. The average molecular weight is 248 g/mol. The van der Waals surface area contributed by atoms with Crippen LogP contribution in [0.25, 0.3) is 0 Å². The van der Waals surface area contributed by atoms with E-state index in [-0.39, 0.29) is 16.1 Å². The number of benzene rings is 1. The number of rotatable bonds is 3. The van der Waals surface area contributed by atoms with E-state index in [1.807, 2.05) is 0 Å². The molecule has 0 saturated carbocycles. The minimum Gasteiger partial charge on any atom is -0.465 e. The molecule has 1 aromatic carbocycles. The first-order chi connectivity index (χ1) is 7.10. The molecule has 1 rings (SSSR count). The number of hydrogen-bond donors (Lipinski definition) is 0. The Morgan fingerprint density at radius 2 is 2.27 bits per heavy atom. The maximum absolute atomic E-state index is 11.1. The molecule has 0 spiro atoms. The van der Waals surface area contributed by atoms with Crippen LogP contribution in [0.3, 0.4) is 0 Å². The molecule has 0 aliphatic carbocycles. The largest absolute Gasteiger partial charge is 0.465 e. The number of carbonyl (C=O) groups excluding carboxylic acids is 1. The number of nitrogens with zero attached hydrogens (tertiary/aromatic N) is 1. The van der Waals surface area contributed by atoms with Crippen molar-refractivity contribution in [2.24, 2.45) is 0 Å². The Labute approximate surface area is 94.0 Å². The van der Waals surface area contributed by atoms with Gasteiger partial charge in [0.1, 0.15) is 4.90 Å². The molecule has 0 atom stereocenters. The van der Waals surface area contributed by atoms with E-state index in [1.54, 1.807) is 0 Å². The summed E-state index contributed by atoms with van der Waals surface area (Å²) < 4.78 is 4.44. The highest BCUT2D eigenvalue weighted by molar-refractivity contribution is 8.21. The fourth-order valence-corrected chi connectivity index (χ4v) is 1.69. The number of halogens is 1. The van der Waals surface area contributed by atoms with E-state index >= 15 is 0 Å². The molecule has 0 aliphatic heterocycles. The summed E-state index contributed by atoms with van der Waals surface area (Å²) in [5, 5.41) is 10.6. The van der Waals surface area contributed by atoms with Crippen LogP contribution in [-0.4, -0.2) is 18.0 Å². The quantitative estimate of drug-likeness (QED) is 0.467. The highest BCUT2D eigenvalue weighted by Gasteiger charge is 2.17. The Morgan fingerprint density at radius 3 is 2.73 bits per heavy atom. The smallest absolute Gasteiger partial charge is 0.338 e. The van der Waals surface area contributed by atoms with Gasteiger partial charge in [0.25, 0.3) is 5.69 Å². The Kier molecular flexibility index (Phi) is 3.93. The molecule has 80 valence electrons. The summed E-state index contributed by atoms with van der Waals surface area (Å²) in [7, 11) is 7.37. The van der Waals surface area contributed by atoms with E-state index in [1.165, 1.54) is 19.2 Å². The van der Waals surface area contributed by atoms with Crippen molar-refractivity contribution in [1.29, 1.82) is 0 Å². The third-order valence-electron chi connectivity index (χ3n) is 1.66. The molecule has 7 heteroatoms. The Balaban J connectivity index is 3.22. The van der Waals surface area contributed by atoms with Gasteiger partial charge in [0.15, 0.2) is 0 Å². The van der Waals surface area contributed by atoms with Gasteiger partial charge in [0, 0.05) is 6.07 Å². The molecule has 0 bridgehead atoms. The van der Waals surface area contributed by atoms with Crippen LogP contribution in [0.2, 0.25) is 0 Å². The molecule has 5 nitrogen and oxygen atoms in total. The van der Waals surface area contributed by atoms with Gasteiger partial charge in [-0.2, -0.15) is 0 Å². The fourth-order valence-electron chi connectivity index (χ4n) is 0.970. The SMILES string of the molecule is COC(=O)c1ccc(SCl)c([N+](=O)[O-])c1. The van der Waals surface area contributed by atoms with E-state index in [9.17, 15) is 14.9 Å². The van der Waals surface area contributed by atoms with Crippen LogP contribution in [0.1, 0.15) is 10.4 Å². The number of nitro benzene ring substituents is 1. The molecule has 0 heterocycles. The molecule has 0 N–H and O–H groups in total. The monoisotopic (exact) mass is 247 g/mol. The number of hydrogen-bond acceptors (Lipinski definition) is 5. The van der Waals surface area contributed by atoms with Gasteiger partial charge in [0.2, 0.25) is 0 Å². The van der Waals surface area contributed by atoms with Gasteiger partial charge in [-0.05, 0) is 33.8 Å². The molecular formula is C8H6ClNO4S. The van der Waals surface area contributed by atoms with Gasteiger partial charge >= 0.3 is 5.97 Å². The first-order valence-electron chi connectivity index (χ1n) is 3.75. The third-order valence-corrected chi connectivity index (χ3v) is 2.67. The van der Waals surface area contributed by atoms with Crippen molar-refractivity contribution in [2.45, 2.75) is 4.90 Å². The van der Waals surface area contributed by atoms with Gasteiger partial charge in [0.05, 0.1) is 17.6 Å². The zero-order chi connectivity index (χ0) is 11.4. The van der Waals surface area contributed by atoms with Gasteiger partial charge in [-0.3, -0.25) is 10.1 Å². The number of methoxy groups -OCH3 is 1. The molecule has 0 aliphatic rings. The number of carbonyl (C=O) groups is 1. The van der Waals surface area contributed by atoms with Crippen LogP contribution >= 0.6 is 21.7 Å². The van der Waals surface area contributed by atoms with E-state index in [2.05, 4.69) is 4.74 Å². The van der Waals surface area contributed by atoms with Gasteiger partial charge in [-0.15, -0.1) is 0 Å². The molecule has 0 unspecified atom stereocenters. The molecule has 0 saturated heterocycles. The standard InChI is InChI=1S/C8H6ClNO4S/c1-14-8(11)5-2-3-7(15-9)6(4-5)10(12)13/h2-4H,1H3. The van der Waals surface area contributed by atoms with Crippen LogP contribution in [0.5, 0.6) is 0 Å². The van der Waals surface area contributed by atoms with E-state index in [4.69, 9.17) is 10.7 Å². The zero-order valence-corrected chi connectivity index (χ0v) is 9.17. The molecule has 1 aromatic rings. The maximum Gasteiger partial charge on any atom is 0.338 e. The lowest BCUT2D eigenvalue weighted by atomic mass is 10.2. The molecular weight excluding hydrogens is 242 g/mol. The fraction of sp³-hybridized carbons (Fsp3) is 0.125. The lowest BCUT2D eigenvalue weighted by Gasteiger charge is -2.01. The molecule has 0 fully saturated rings. The topological polar surface area (TPSA) is 69.4 Å². The van der Waals surface area contributed by atoms with Crippen molar-refractivity contribution in [3.8, 4) is 0 Å². The van der Waals surface area contributed by atoms with E-state index < -0.39 is 10.9 Å². The maximum atomic E-state index is 11.1. The van der Waals surface area contributed by atoms with Crippen molar-refractivity contribution in [3.05, 3.63) is 33.9 Å². The average Bonchev–Trinajstić information content (AvgIpc) is 2.27. The van der Waals surface area contributed by atoms with E-state index in [0.717, 1.165) is 17.0 Å². The van der Waals surface area contributed by atoms with Gasteiger partial charge in [-0.25, -0.2) is 4.79 Å². The van der Waals surface area contributed by atoms with Crippen LogP contribution < -0.4 is 0 Å². The van der Waals surface area contributed by atoms with Crippen molar-refractivity contribution in [2.75, 3.05) is 7.11 Å². The highest BCUT2D eigenvalue weighted by atomic mass is 35.7. The first kappa shape index (κ1) is 11.8. The lowest BCUT2D eigenvalue weighted by Crippen LogP contribution is -2.02. The normalized spacial score (nSPS) is 9.73. The molecule has 0 amide bonds. The second kappa shape index (κ2) is 4.99. The van der Waals surface area contributed by atoms with Crippen LogP contribution in [-0.2, 0) is 4.74 Å². The van der Waals surface area contributed by atoms with Crippen molar-refractivity contribution in [3.63, 3.8) is 0 Å². The predicted octanol–water partition coefficient (Wildman–Crippen LogP) is 2.63. The summed E-state index contributed by atoms with van der Waals surface area (Å²) in [6, 6.07) is 3.96. The van der Waals surface area contributed by atoms with Crippen molar-refractivity contribution < 1.29 is 14.5 Å². The zero-order valence-electron chi connectivity index (χ0n) is 7.60. The second-order valence-corrected chi connectivity index (χ2v) is 3.57. The number of esters is 1. The minimum atomic E-state index is -0.621.